The second-order valence-electron chi connectivity index (χ2n) is 2.32. The van der Waals surface area contributed by atoms with Gasteiger partial charge in [0.1, 0.15) is 0 Å². The van der Waals surface area contributed by atoms with E-state index in [1.807, 2.05) is 0 Å². The highest BCUT2D eigenvalue weighted by atomic mass is 79.9. The van der Waals surface area contributed by atoms with Crippen LogP contribution >= 0.6 is 47.8 Å². The van der Waals surface area contributed by atoms with Gasteiger partial charge in [0.05, 0.1) is 0 Å². The number of benzene rings is 1. The third-order valence-electron chi connectivity index (χ3n) is 1.44. The average Bonchev–Trinajstić information content (AvgIpc) is 2.03. The van der Waals surface area contributed by atoms with E-state index in [1.165, 1.54) is 6.07 Å². The highest BCUT2D eigenvalue weighted by Crippen LogP contribution is 2.41. The van der Waals surface area contributed by atoms with Crippen molar-refractivity contribution in [3.8, 4) is 0 Å². The molecule has 5 heteroatoms. The number of alkyl halides is 3. The summed E-state index contributed by atoms with van der Waals surface area (Å²) in [6.07, 6.45) is 0. The molecule has 0 fully saturated rings. The summed E-state index contributed by atoms with van der Waals surface area (Å²) in [4.78, 5) is 11.0. The van der Waals surface area contributed by atoms with Gasteiger partial charge in [0.15, 0.2) is 0 Å². The lowest BCUT2D eigenvalue weighted by Crippen LogP contribution is -2.06. The maximum Gasteiger partial charge on any atom is 0.244 e. The lowest BCUT2D eigenvalue weighted by Gasteiger charge is -2.12. The molecule has 1 rings (SSSR count). The second kappa shape index (κ2) is 4.19. The molecule has 0 saturated carbocycles. The minimum Gasteiger partial charge on any atom is -0.281 e. The van der Waals surface area contributed by atoms with Gasteiger partial charge in [-0.1, -0.05) is 24.3 Å². The first kappa shape index (κ1) is 11.3. The lowest BCUT2D eigenvalue weighted by molar-refractivity contribution is 0.109. The van der Waals surface area contributed by atoms with Crippen molar-refractivity contribution in [2.75, 3.05) is 0 Å². The predicted octanol–water partition coefficient (Wildman–Crippen LogP) is 4.09. The Labute approximate surface area is 100 Å². The zero-order chi connectivity index (χ0) is 10.1. The summed E-state index contributed by atoms with van der Waals surface area (Å²) in [6, 6.07) is 6.40. The van der Waals surface area contributed by atoms with Crippen LogP contribution in [0.3, 0.4) is 0 Å². The van der Waals surface area contributed by atoms with Gasteiger partial charge in [0, 0.05) is 11.1 Å². The van der Waals surface area contributed by atoms with Gasteiger partial charge in [0.2, 0.25) is 8.18 Å². The smallest absolute Gasteiger partial charge is 0.244 e. The molecule has 0 aliphatic rings. The van der Waals surface area contributed by atoms with Crippen LogP contribution in [0.5, 0.6) is 0 Å². The van der Waals surface area contributed by atoms with Crippen molar-refractivity contribution in [3.63, 3.8) is 0 Å². The van der Waals surface area contributed by atoms with E-state index in [1.54, 1.807) is 18.2 Å². The first-order valence-electron chi connectivity index (χ1n) is 3.29. The molecule has 0 aliphatic carbocycles. The molecule has 0 N–H and O–H groups in total. The average molecular weight is 375 g/mol. The van der Waals surface area contributed by atoms with E-state index in [-0.39, 0.29) is 10.3 Å². The van der Waals surface area contributed by atoms with E-state index in [4.69, 9.17) is 0 Å². The molecule has 0 aliphatic heterocycles. The normalized spacial score (nSPS) is 11.4. The molecule has 1 aromatic rings. The molecule has 0 saturated heterocycles. The SMILES string of the molecule is O=C(Br)c1ccccc1C(F)(Br)Br. The number of rotatable bonds is 2. The fraction of sp³-hybridized carbons (Fsp3) is 0.125. The quantitative estimate of drug-likeness (QED) is 0.563. The molecule has 1 aromatic carbocycles. The first-order valence-corrected chi connectivity index (χ1v) is 5.67. The van der Waals surface area contributed by atoms with Crippen LogP contribution in [0.1, 0.15) is 15.9 Å². The van der Waals surface area contributed by atoms with Crippen LogP contribution in [0.25, 0.3) is 0 Å². The van der Waals surface area contributed by atoms with E-state index >= 15 is 0 Å². The Hall–Kier alpha value is 0.260. The summed E-state index contributed by atoms with van der Waals surface area (Å²) in [5, 5.41) is 0. The molecule has 0 unspecified atom stereocenters. The molecular formula is C8H4Br3FO. The van der Waals surface area contributed by atoms with E-state index in [9.17, 15) is 9.18 Å². The van der Waals surface area contributed by atoms with Crippen molar-refractivity contribution < 1.29 is 9.18 Å². The molecule has 1 nitrogen and oxygen atoms in total. The van der Waals surface area contributed by atoms with Crippen molar-refractivity contribution in [1.29, 1.82) is 0 Å². The lowest BCUT2D eigenvalue weighted by atomic mass is 10.1. The van der Waals surface area contributed by atoms with E-state index in [0.29, 0.717) is 5.56 Å². The molecule has 0 heterocycles. The summed E-state index contributed by atoms with van der Waals surface area (Å²) >= 11 is 8.34. The van der Waals surface area contributed by atoms with Gasteiger partial charge >= 0.3 is 0 Å². The number of halogens is 4. The number of carbonyl (C=O) groups is 1. The predicted molar refractivity (Wildman–Crippen MR) is 60.3 cm³/mol. The number of carbonyl (C=O) groups excluding carboxylic acids is 1. The van der Waals surface area contributed by atoms with Crippen molar-refractivity contribution >= 4 is 52.5 Å². The van der Waals surface area contributed by atoms with Gasteiger partial charge in [-0.15, -0.1) is 0 Å². The molecule has 0 radical (unpaired) electrons. The van der Waals surface area contributed by atoms with Crippen LogP contribution in [-0.4, -0.2) is 4.69 Å². The van der Waals surface area contributed by atoms with Gasteiger partial charge in [-0.3, -0.25) is 4.79 Å². The maximum atomic E-state index is 13.4. The summed E-state index contributed by atoms with van der Waals surface area (Å²) in [5.41, 5.74) is 0.538. The molecule has 0 atom stereocenters. The fourth-order valence-electron chi connectivity index (χ4n) is 0.902. The summed E-state index contributed by atoms with van der Waals surface area (Å²) < 4.78 is 11.2. The van der Waals surface area contributed by atoms with Crippen molar-refractivity contribution in [2.45, 2.75) is 3.49 Å². The highest BCUT2D eigenvalue weighted by molar-refractivity contribution is 9.24. The van der Waals surface area contributed by atoms with Gasteiger partial charge in [-0.05, 0) is 47.8 Å². The Morgan fingerprint density at radius 1 is 1.31 bits per heavy atom. The van der Waals surface area contributed by atoms with E-state index in [2.05, 4.69) is 47.8 Å². The Kier molecular flexibility index (Phi) is 3.65. The third kappa shape index (κ3) is 2.86. The van der Waals surface area contributed by atoms with Gasteiger partial charge in [0.25, 0.3) is 0 Å². The number of hydrogen-bond acceptors (Lipinski definition) is 1. The Morgan fingerprint density at radius 3 is 2.23 bits per heavy atom. The van der Waals surface area contributed by atoms with Crippen LogP contribution in [0.15, 0.2) is 24.3 Å². The second-order valence-corrected chi connectivity index (χ2v) is 6.29. The molecule has 0 bridgehead atoms. The third-order valence-corrected chi connectivity index (χ3v) is 2.73. The molecule has 0 spiro atoms. The molecule has 13 heavy (non-hydrogen) atoms. The minimum absolute atomic E-state index is 0.247. The minimum atomic E-state index is -1.86. The zero-order valence-electron chi connectivity index (χ0n) is 6.23. The van der Waals surface area contributed by atoms with E-state index in [0.717, 1.165) is 0 Å². The Balaban J connectivity index is 3.28. The van der Waals surface area contributed by atoms with Crippen molar-refractivity contribution in [3.05, 3.63) is 35.4 Å². The van der Waals surface area contributed by atoms with Crippen molar-refractivity contribution in [1.82, 2.24) is 0 Å². The summed E-state index contributed by atoms with van der Waals surface area (Å²) in [7, 11) is 0. The standard InChI is InChI=1S/C8H4Br3FO/c9-7(13)5-3-1-2-4-6(5)8(10,11)12/h1-4H. The van der Waals surface area contributed by atoms with Crippen LogP contribution in [0.4, 0.5) is 4.39 Å². The van der Waals surface area contributed by atoms with Gasteiger partial charge in [-0.2, -0.15) is 0 Å². The number of hydrogen-bond donors (Lipinski definition) is 0. The van der Waals surface area contributed by atoms with Crippen molar-refractivity contribution in [2.24, 2.45) is 0 Å². The van der Waals surface area contributed by atoms with Crippen LogP contribution < -0.4 is 0 Å². The molecular weight excluding hydrogens is 371 g/mol. The van der Waals surface area contributed by atoms with Gasteiger partial charge < -0.3 is 0 Å². The van der Waals surface area contributed by atoms with E-state index < -0.39 is 3.49 Å². The Bertz CT molecular complexity index is 332. The fourth-order valence-corrected chi connectivity index (χ4v) is 1.94. The van der Waals surface area contributed by atoms with Crippen LogP contribution in [-0.2, 0) is 3.49 Å². The molecule has 0 amide bonds. The van der Waals surface area contributed by atoms with Crippen LogP contribution in [0.2, 0.25) is 0 Å². The van der Waals surface area contributed by atoms with Crippen LogP contribution in [0, 0.1) is 0 Å². The zero-order valence-corrected chi connectivity index (χ0v) is 11.0. The van der Waals surface area contributed by atoms with Gasteiger partial charge in [-0.25, -0.2) is 4.39 Å². The topological polar surface area (TPSA) is 17.1 Å². The molecule has 70 valence electrons. The monoisotopic (exact) mass is 372 g/mol. The summed E-state index contributed by atoms with van der Waals surface area (Å²) in [6.45, 7) is 0. The Morgan fingerprint density at radius 2 is 1.85 bits per heavy atom. The highest BCUT2D eigenvalue weighted by Gasteiger charge is 2.28. The molecule has 0 aromatic heterocycles. The first-order chi connectivity index (χ1) is 5.93. The largest absolute Gasteiger partial charge is 0.281 e. The summed E-state index contributed by atoms with van der Waals surface area (Å²) in [5.74, 6) is 0. The maximum absolute atomic E-state index is 13.4.